The largest absolute Gasteiger partial charge is 0.366 e. The number of anilines is 4. The molecule has 3 aromatic rings. The van der Waals surface area contributed by atoms with E-state index in [0.717, 1.165) is 11.4 Å². The maximum Gasteiger partial charge on any atom is 0.249 e. The zero-order valence-corrected chi connectivity index (χ0v) is 13.6. The number of nitrogens with two attached hydrogens (primary N) is 2. The van der Waals surface area contributed by atoms with E-state index in [1.165, 1.54) is 12.1 Å². The molecule has 130 valence electrons. The molecule has 0 atom stereocenters. The van der Waals surface area contributed by atoms with Crippen molar-refractivity contribution in [1.29, 1.82) is 0 Å². The number of nitrogens with one attached hydrogen (secondary N) is 2. The van der Waals surface area contributed by atoms with Gasteiger partial charge in [-0.1, -0.05) is 0 Å². The molecule has 0 fully saturated rings. The molecular formula is C18H16N6O2. The molecule has 8 heteroatoms. The van der Waals surface area contributed by atoms with Gasteiger partial charge in [0.2, 0.25) is 11.8 Å². The Kier molecular flexibility index (Phi) is 4.75. The van der Waals surface area contributed by atoms with Gasteiger partial charge in [0.15, 0.2) is 0 Å². The quantitative estimate of drug-likeness (QED) is 0.539. The summed E-state index contributed by atoms with van der Waals surface area (Å²) in [5.74, 6) is -1.49. The average molecular weight is 348 g/mol. The molecule has 0 aliphatic carbocycles. The summed E-state index contributed by atoms with van der Waals surface area (Å²) in [6.07, 6.45) is 6.52. The fourth-order valence-corrected chi connectivity index (χ4v) is 2.40. The molecule has 2 amide bonds. The van der Waals surface area contributed by atoms with Crippen molar-refractivity contribution in [1.82, 2.24) is 9.97 Å². The van der Waals surface area contributed by atoms with E-state index in [-0.39, 0.29) is 11.1 Å². The number of carbonyl (C=O) groups is 2. The first-order valence-electron chi connectivity index (χ1n) is 7.66. The number of pyridine rings is 2. The third-order valence-corrected chi connectivity index (χ3v) is 3.61. The van der Waals surface area contributed by atoms with E-state index in [1.807, 2.05) is 0 Å². The smallest absolute Gasteiger partial charge is 0.249 e. The Morgan fingerprint density at radius 3 is 1.35 bits per heavy atom. The lowest BCUT2D eigenvalue weighted by atomic mass is 10.0. The van der Waals surface area contributed by atoms with Gasteiger partial charge in [-0.25, -0.2) is 0 Å². The SMILES string of the molecule is NC(=O)c1cc(Nc2ccncc2)c(Nc2ccncc2)cc1C(N)=O. The molecule has 0 radical (unpaired) electrons. The molecule has 2 heterocycles. The van der Waals surface area contributed by atoms with Gasteiger partial charge in [-0.2, -0.15) is 0 Å². The van der Waals surface area contributed by atoms with E-state index in [2.05, 4.69) is 20.6 Å². The first-order valence-corrected chi connectivity index (χ1v) is 7.66. The lowest BCUT2D eigenvalue weighted by Crippen LogP contribution is -2.21. The van der Waals surface area contributed by atoms with E-state index in [4.69, 9.17) is 11.5 Å². The molecule has 26 heavy (non-hydrogen) atoms. The third-order valence-electron chi connectivity index (χ3n) is 3.61. The van der Waals surface area contributed by atoms with Crippen LogP contribution in [0.1, 0.15) is 20.7 Å². The zero-order chi connectivity index (χ0) is 18.5. The van der Waals surface area contributed by atoms with Crippen molar-refractivity contribution in [3.05, 3.63) is 72.3 Å². The molecule has 8 nitrogen and oxygen atoms in total. The molecule has 0 saturated carbocycles. The predicted octanol–water partition coefficient (Wildman–Crippen LogP) is 2.16. The molecule has 0 unspecified atom stereocenters. The molecule has 0 spiro atoms. The van der Waals surface area contributed by atoms with Crippen molar-refractivity contribution < 1.29 is 9.59 Å². The Bertz CT molecular complexity index is 866. The van der Waals surface area contributed by atoms with Crippen LogP contribution in [0.15, 0.2) is 61.2 Å². The predicted molar refractivity (Wildman–Crippen MR) is 98.5 cm³/mol. The zero-order valence-electron chi connectivity index (χ0n) is 13.6. The van der Waals surface area contributed by atoms with Crippen LogP contribution in [0.4, 0.5) is 22.7 Å². The molecule has 0 saturated heterocycles. The molecule has 2 aromatic heterocycles. The maximum atomic E-state index is 11.7. The molecule has 1 aromatic carbocycles. The highest BCUT2D eigenvalue weighted by molar-refractivity contribution is 6.08. The lowest BCUT2D eigenvalue weighted by Gasteiger charge is -2.17. The van der Waals surface area contributed by atoms with Gasteiger partial charge in [-0.05, 0) is 36.4 Å². The summed E-state index contributed by atoms with van der Waals surface area (Å²) in [5.41, 5.74) is 13.5. The Morgan fingerprint density at radius 1 is 0.692 bits per heavy atom. The Balaban J connectivity index is 2.10. The number of nitrogens with zero attached hydrogens (tertiary/aromatic N) is 2. The first kappa shape index (κ1) is 16.9. The van der Waals surface area contributed by atoms with Crippen molar-refractivity contribution in [2.24, 2.45) is 11.5 Å². The molecule has 3 rings (SSSR count). The number of hydrogen-bond acceptors (Lipinski definition) is 6. The maximum absolute atomic E-state index is 11.7. The van der Waals surface area contributed by atoms with Gasteiger partial charge < -0.3 is 22.1 Å². The van der Waals surface area contributed by atoms with Crippen molar-refractivity contribution in [2.45, 2.75) is 0 Å². The second-order valence-corrected chi connectivity index (χ2v) is 5.39. The molecule has 0 bridgehead atoms. The van der Waals surface area contributed by atoms with Crippen molar-refractivity contribution in [3.63, 3.8) is 0 Å². The van der Waals surface area contributed by atoms with Gasteiger partial charge in [0.25, 0.3) is 0 Å². The van der Waals surface area contributed by atoms with E-state index >= 15 is 0 Å². The van der Waals surface area contributed by atoms with Crippen LogP contribution in [0.5, 0.6) is 0 Å². The summed E-state index contributed by atoms with van der Waals surface area (Å²) in [4.78, 5) is 31.4. The Labute approximate surface area is 149 Å². The summed E-state index contributed by atoms with van der Waals surface area (Å²) >= 11 is 0. The third kappa shape index (κ3) is 3.75. The minimum Gasteiger partial charge on any atom is -0.366 e. The van der Waals surface area contributed by atoms with Crippen molar-refractivity contribution in [3.8, 4) is 0 Å². The number of aromatic nitrogens is 2. The van der Waals surface area contributed by atoms with Crippen LogP contribution in [0, 0.1) is 0 Å². The number of benzene rings is 1. The normalized spacial score (nSPS) is 10.2. The molecule has 0 aliphatic heterocycles. The number of amides is 2. The van der Waals surface area contributed by atoms with Crippen LogP contribution in [0.2, 0.25) is 0 Å². The summed E-state index contributed by atoms with van der Waals surface area (Å²) in [5, 5.41) is 6.35. The van der Waals surface area contributed by atoms with Crippen LogP contribution >= 0.6 is 0 Å². The molecular weight excluding hydrogens is 332 g/mol. The van der Waals surface area contributed by atoms with E-state index in [0.29, 0.717) is 11.4 Å². The highest BCUT2D eigenvalue weighted by Gasteiger charge is 2.17. The van der Waals surface area contributed by atoms with Gasteiger partial charge >= 0.3 is 0 Å². The Morgan fingerprint density at radius 2 is 1.04 bits per heavy atom. The summed E-state index contributed by atoms with van der Waals surface area (Å²) < 4.78 is 0. The van der Waals surface area contributed by atoms with Gasteiger partial charge in [0.1, 0.15) is 0 Å². The minimum absolute atomic E-state index is 0.0364. The number of carbonyl (C=O) groups excluding carboxylic acids is 2. The van der Waals surface area contributed by atoms with Crippen LogP contribution in [-0.2, 0) is 0 Å². The van der Waals surface area contributed by atoms with Gasteiger partial charge in [0, 0.05) is 36.2 Å². The summed E-state index contributed by atoms with van der Waals surface area (Å²) in [6.45, 7) is 0. The van der Waals surface area contributed by atoms with Gasteiger partial charge in [0.05, 0.1) is 22.5 Å². The molecule has 0 aliphatic rings. The van der Waals surface area contributed by atoms with Crippen molar-refractivity contribution >= 4 is 34.6 Å². The second-order valence-electron chi connectivity index (χ2n) is 5.39. The van der Waals surface area contributed by atoms with Crippen LogP contribution < -0.4 is 22.1 Å². The fraction of sp³-hybridized carbons (Fsp3) is 0. The second kappa shape index (κ2) is 7.31. The highest BCUT2D eigenvalue weighted by Crippen LogP contribution is 2.31. The first-order chi connectivity index (χ1) is 12.5. The van der Waals surface area contributed by atoms with Crippen LogP contribution in [0.25, 0.3) is 0 Å². The number of primary amides is 2. The van der Waals surface area contributed by atoms with Gasteiger partial charge in [-0.3, -0.25) is 19.6 Å². The van der Waals surface area contributed by atoms with E-state index in [9.17, 15) is 9.59 Å². The van der Waals surface area contributed by atoms with Crippen LogP contribution in [-0.4, -0.2) is 21.8 Å². The minimum atomic E-state index is -0.743. The summed E-state index contributed by atoms with van der Waals surface area (Å²) in [6, 6.07) is 10.0. The van der Waals surface area contributed by atoms with E-state index < -0.39 is 11.8 Å². The Hall–Kier alpha value is -3.94. The van der Waals surface area contributed by atoms with Gasteiger partial charge in [-0.15, -0.1) is 0 Å². The number of rotatable bonds is 6. The lowest BCUT2D eigenvalue weighted by molar-refractivity contribution is 0.0967. The van der Waals surface area contributed by atoms with Crippen molar-refractivity contribution in [2.75, 3.05) is 10.6 Å². The fourth-order valence-electron chi connectivity index (χ4n) is 2.40. The summed E-state index contributed by atoms with van der Waals surface area (Å²) in [7, 11) is 0. The van der Waals surface area contributed by atoms with E-state index in [1.54, 1.807) is 49.1 Å². The van der Waals surface area contributed by atoms with Crippen LogP contribution in [0.3, 0.4) is 0 Å². The monoisotopic (exact) mass is 348 g/mol. The average Bonchev–Trinajstić information content (AvgIpc) is 2.64. The topological polar surface area (TPSA) is 136 Å². The molecule has 6 N–H and O–H groups in total. The standard InChI is InChI=1S/C18H16N6O2/c19-17(25)13-9-15(23-11-1-5-21-6-2-11)16(10-14(13)18(20)26)24-12-3-7-22-8-4-12/h1-10H,(H2,19,25)(H2,20,26)(H,21,23)(H,22,24). The number of hydrogen-bond donors (Lipinski definition) is 4. The highest BCUT2D eigenvalue weighted by atomic mass is 16.2.